The number of nitrogens with zero attached hydrogens (tertiary/aromatic N) is 3. The predicted molar refractivity (Wildman–Crippen MR) is 58.8 cm³/mol. The van der Waals surface area contributed by atoms with Gasteiger partial charge in [-0.2, -0.15) is 0 Å². The largest absolute Gasteiger partial charge is 0.271 e. The highest BCUT2D eigenvalue weighted by Crippen LogP contribution is 2.26. The Kier molecular flexibility index (Phi) is 2.56. The Morgan fingerprint density at radius 1 is 1.43 bits per heavy atom. The molecule has 0 radical (unpaired) electrons. The van der Waals surface area contributed by atoms with Crippen molar-refractivity contribution in [2.45, 2.75) is 6.92 Å². The molecule has 0 aliphatic carbocycles. The first kappa shape index (κ1) is 9.68. The fourth-order valence-corrected chi connectivity index (χ4v) is 1.83. The maximum absolute atomic E-state index is 5.87. The molecule has 0 bridgehead atoms. The molecule has 0 atom stereocenters. The molecular formula is C9H7BrClN3. The van der Waals surface area contributed by atoms with Crippen LogP contribution in [-0.2, 0) is 0 Å². The van der Waals surface area contributed by atoms with Gasteiger partial charge in [0.1, 0.15) is 6.33 Å². The van der Waals surface area contributed by atoms with E-state index in [9.17, 15) is 0 Å². The number of hydrogen-bond donors (Lipinski definition) is 0. The summed E-state index contributed by atoms with van der Waals surface area (Å²) >= 11 is 9.37. The maximum Gasteiger partial charge on any atom is 0.229 e. The van der Waals surface area contributed by atoms with Crippen LogP contribution in [0, 0.1) is 6.92 Å². The van der Waals surface area contributed by atoms with Gasteiger partial charge in [0, 0.05) is 4.47 Å². The fourth-order valence-electron chi connectivity index (χ4n) is 1.20. The standard InChI is InChI=1S/C9H7BrClN3/c1-6-3-2-4-7(8(6)10)14-5-12-13-9(14)11/h2-5H,1H3. The molecule has 3 nitrogen and oxygen atoms in total. The predicted octanol–water partition coefficient (Wildman–Crippen LogP) is 2.99. The van der Waals surface area contributed by atoms with E-state index in [1.807, 2.05) is 25.1 Å². The molecule has 0 aliphatic rings. The zero-order valence-corrected chi connectivity index (χ0v) is 9.75. The second-order valence-electron chi connectivity index (χ2n) is 2.88. The van der Waals surface area contributed by atoms with Crippen molar-refractivity contribution in [2.75, 3.05) is 0 Å². The molecule has 2 aromatic rings. The number of hydrogen-bond acceptors (Lipinski definition) is 2. The molecule has 14 heavy (non-hydrogen) atoms. The summed E-state index contributed by atoms with van der Waals surface area (Å²) in [6.45, 7) is 2.02. The van der Waals surface area contributed by atoms with Gasteiger partial charge in [-0.3, -0.25) is 4.57 Å². The van der Waals surface area contributed by atoms with E-state index in [1.165, 1.54) is 0 Å². The second-order valence-corrected chi connectivity index (χ2v) is 4.01. The van der Waals surface area contributed by atoms with Crippen LogP contribution >= 0.6 is 27.5 Å². The summed E-state index contributed by atoms with van der Waals surface area (Å²) in [7, 11) is 0. The van der Waals surface area contributed by atoms with E-state index < -0.39 is 0 Å². The minimum Gasteiger partial charge on any atom is -0.271 e. The van der Waals surface area contributed by atoms with Gasteiger partial charge in [0.05, 0.1) is 5.69 Å². The molecule has 0 unspecified atom stereocenters. The van der Waals surface area contributed by atoms with E-state index in [0.29, 0.717) is 5.28 Å². The van der Waals surface area contributed by atoms with Crippen molar-refractivity contribution < 1.29 is 0 Å². The van der Waals surface area contributed by atoms with Gasteiger partial charge in [-0.25, -0.2) is 0 Å². The van der Waals surface area contributed by atoms with E-state index in [2.05, 4.69) is 26.1 Å². The quantitative estimate of drug-likeness (QED) is 0.799. The van der Waals surface area contributed by atoms with Crippen LogP contribution < -0.4 is 0 Å². The van der Waals surface area contributed by atoms with Crippen LogP contribution in [0.3, 0.4) is 0 Å². The summed E-state index contributed by atoms with van der Waals surface area (Å²) in [5.74, 6) is 0. The molecule has 0 amide bonds. The summed E-state index contributed by atoms with van der Waals surface area (Å²) in [5, 5.41) is 7.81. The first-order chi connectivity index (χ1) is 6.70. The van der Waals surface area contributed by atoms with Crippen molar-refractivity contribution in [3.8, 4) is 5.69 Å². The lowest BCUT2D eigenvalue weighted by atomic mass is 10.2. The van der Waals surface area contributed by atoms with Gasteiger partial charge in [-0.15, -0.1) is 10.2 Å². The highest BCUT2D eigenvalue weighted by Gasteiger charge is 2.07. The summed E-state index contributed by atoms with van der Waals surface area (Å²) in [6, 6.07) is 5.93. The number of aromatic nitrogens is 3. The van der Waals surface area contributed by atoms with E-state index in [1.54, 1.807) is 10.9 Å². The topological polar surface area (TPSA) is 30.7 Å². The molecule has 2 rings (SSSR count). The SMILES string of the molecule is Cc1cccc(-n2cnnc2Cl)c1Br. The van der Waals surface area contributed by atoms with E-state index in [0.717, 1.165) is 15.7 Å². The van der Waals surface area contributed by atoms with E-state index in [-0.39, 0.29) is 0 Å². The summed E-state index contributed by atoms with van der Waals surface area (Å²) in [6.07, 6.45) is 1.59. The lowest BCUT2D eigenvalue weighted by Gasteiger charge is -2.07. The Bertz CT molecular complexity index is 467. The van der Waals surface area contributed by atoms with Crippen molar-refractivity contribution in [2.24, 2.45) is 0 Å². The molecule has 0 aliphatic heterocycles. The highest BCUT2D eigenvalue weighted by molar-refractivity contribution is 9.10. The van der Waals surface area contributed by atoms with Gasteiger partial charge >= 0.3 is 0 Å². The summed E-state index contributed by atoms with van der Waals surface area (Å²) < 4.78 is 2.72. The van der Waals surface area contributed by atoms with Gasteiger partial charge in [-0.05, 0) is 46.1 Å². The van der Waals surface area contributed by atoms with Gasteiger partial charge < -0.3 is 0 Å². The molecule has 0 N–H and O–H groups in total. The van der Waals surface area contributed by atoms with Crippen LogP contribution in [0.5, 0.6) is 0 Å². The molecule has 1 heterocycles. The molecule has 0 saturated carbocycles. The third-order valence-electron chi connectivity index (χ3n) is 1.94. The van der Waals surface area contributed by atoms with Crippen molar-refractivity contribution in [3.63, 3.8) is 0 Å². The van der Waals surface area contributed by atoms with Gasteiger partial charge in [0.15, 0.2) is 0 Å². The van der Waals surface area contributed by atoms with Crippen LogP contribution in [0.4, 0.5) is 0 Å². The molecule has 0 saturated heterocycles. The smallest absolute Gasteiger partial charge is 0.229 e. The van der Waals surface area contributed by atoms with E-state index in [4.69, 9.17) is 11.6 Å². The van der Waals surface area contributed by atoms with Crippen molar-refractivity contribution in [1.82, 2.24) is 14.8 Å². The van der Waals surface area contributed by atoms with Crippen molar-refractivity contribution >= 4 is 27.5 Å². The zero-order chi connectivity index (χ0) is 10.1. The van der Waals surface area contributed by atoms with E-state index >= 15 is 0 Å². The Hall–Kier alpha value is -0.870. The molecular weight excluding hydrogens is 265 g/mol. The Balaban J connectivity index is 2.63. The number of rotatable bonds is 1. The number of halogens is 2. The third kappa shape index (κ3) is 1.55. The van der Waals surface area contributed by atoms with Gasteiger partial charge in [-0.1, -0.05) is 12.1 Å². The Labute approximate surface area is 94.9 Å². The number of benzene rings is 1. The average molecular weight is 273 g/mol. The average Bonchev–Trinajstić information content (AvgIpc) is 2.57. The zero-order valence-electron chi connectivity index (χ0n) is 7.41. The molecule has 5 heteroatoms. The van der Waals surface area contributed by atoms with Gasteiger partial charge in [0.25, 0.3) is 0 Å². The minimum atomic E-state index is 0.358. The number of aryl methyl sites for hydroxylation is 1. The molecule has 0 spiro atoms. The Morgan fingerprint density at radius 2 is 2.21 bits per heavy atom. The molecule has 1 aromatic carbocycles. The fraction of sp³-hybridized carbons (Fsp3) is 0.111. The third-order valence-corrected chi connectivity index (χ3v) is 3.23. The lowest BCUT2D eigenvalue weighted by molar-refractivity contribution is 1.04. The normalized spacial score (nSPS) is 10.5. The minimum absolute atomic E-state index is 0.358. The van der Waals surface area contributed by atoms with Crippen LogP contribution in [0.25, 0.3) is 5.69 Å². The van der Waals surface area contributed by atoms with Crippen molar-refractivity contribution in [1.29, 1.82) is 0 Å². The molecule has 72 valence electrons. The van der Waals surface area contributed by atoms with Crippen LogP contribution in [-0.4, -0.2) is 14.8 Å². The first-order valence-electron chi connectivity index (χ1n) is 4.01. The van der Waals surface area contributed by atoms with Crippen LogP contribution in [0.1, 0.15) is 5.56 Å². The Morgan fingerprint density at radius 3 is 2.86 bits per heavy atom. The maximum atomic E-state index is 5.87. The van der Waals surface area contributed by atoms with Crippen molar-refractivity contribution in [3.05, 3.63) is 39.8 Å². The van der Waals surface area contributed by atoms with Gasteiger partial charge in [0.2, 0.25) is 5.28 Å². The summed E-state index contributed by atoms with van der Waals surface area (Å²) in [4.78, 5) is 0. The first-order valence-corrected chi connectivity index (χ1v) is 5.18. The lowest BCUT2D eigenvalue weighted by Crippen LogP contribution is -1.94. The van der Waals surface area contributed by atoms with Crippen LogP contribution in [0.2, 0.25) is 5.28 Å². The summed E-state index contributed by atoms with van der Waals surface area (Å²) in [5.41, 5.74) is 2.09. The highest BCUT2D eigenvalue weighted by atomic mass is 79.9. The monoisotopic (exact) mass is 271 g/mol. The molecule has 0 fully saturated rings. The molecule has 1 aromatic heterocycles. The second kappa shape index (κ2) is 3.71. The van der Waals surface area contributed by atoms with Crippen LogP contribution in [0.15, 0.2) is 29.0 Å².